The fourth-order valence-electron chi connectivity index (χ4n) is 1.77. The molecule has 0 amide bonds. The largest absolute Gasteiger partial charge is 0.370 e. The molecule has 0 heterocycles. The minimum Gasteiger partial charge on any atom is -0.370 e. The summed E-state index contributed by atoms with van der Waals surface area (Å²) in [5.41, 5.74) is 7.07. The Morgan fingerprint density at radius 1 is 1.28 bits per heavy atom. The highest BCUT2D eigenvalue weighted by Crippen LogP contribution is 2.17. The number of nitrogens with zero attached hydrogens (tertiary/aromatic N) is 2. The number of likely N-dealkylation sites (N-methyl/N-ethyl adjacent to an activating group) is 1. The molecular formula is C14H24N4. The fourth-order valence-corrected chi connectivity index (χ4v) is 1.77. The lowest BCUT2D eigenvalue weighted by Crippen LogP contribution is -2.37. The Bertz CT molecular complexity index is 371. The van der Waals surface area contributed by atoms with Gasteiger partial charge in [-0.3, -0.25) is 4.99 Å². The van der Waals surface area contributed by atoms with E-state index in [0.29, 0.717) is 18.5 Å². The Morgan fingerprint density at radius 3 is 2.39 bits per heavy atom. The van der Waals surface area contributed by atoms with Crippen LogP contribution in [-0.4, -0.2) is 37.5 Å². The van der Waals surface area contributed by atoms with Gasteiger partial charge in [0.15, 0.2) is 5.96 Å². The van der Waals surface area contributed by atoms with Gasteiger partial charge < -0.3 is 16.0 Å². The molecular weight excluding hydrogens is 224 g/mol. The smallest absolute Gasteiger partial charge is 0.188 e. The highest BCUT2D eigenvalue weighted by molar-refractivity contribution is 5.78. The van der Waals surface area contributed by atoms with Crippen LogP contribution in [0.3, 0.4) is 0 Å². The second-order valence-electron chi connectivity index (χ2n) is 4.92. The normalized spacial score (nSPS) is 14.0. The van der Waals surface area contributed by atoms with Crippen LogP contribution in [0.5, 0.6) is 0 Å². The predicted octanol–water partition coefficient (Wildman–Crippen LogP) is 1.60. The Hall–Kier alpha value is -1.55. The van der Waals surface area contributed by atoms with Crippen LogP contribution in [0, 0.1) is 0 Å². The van der Waals surface area contributed by atoms with Crippen LogP contribution in [0.25, 0.3) is 0 Å². The summed E-state index contributed by atoms with van der Waals surface area (Å²) in [7, 11) is 4.11. The van der Waals surface area contributed by atoms with Crippen molar-refractivity contribution in [2.24, 2.45) is 10.7 Å². The van der Waals surface area contributed by atoms with E-state index in [1.54, 1.807) is 0 Å². The quantitative estimate of drug-likeness (QED) is 0.615. The number of hydrogen-bond donors (Lipinski definition) is 2. The van der Waals surface area contributed by atoms with E-state index >= 15 is 0 Å². The molecule has 1 aromatic rings. The number of rotatable bonds is 5. The van der Waals surface area contributed by atoms with Crippen LogP contribution in [0.2, 0.25) is 0 Å². The number of nitrogens with one attached hydrogen (secondary N) is 1. The van der Waals surface area contributed by atoms with Gasteiger partial charge in [0.25, 0.3) is 0 Å². The lowest BCUT2D eigenvalue weighted by atomic mass is 10.1. The molecule has 0 spiro atoms. The number of guanidine groups is 1. The Morgan fingerprint density at radius 2 is 1.89 bits per heavy atom. The zero-order valence-corrected chi connectivity index (χ0v) is 11.7. The first-order valence-electron chi connectivity index (χ1n) is 6.28. The van der Waals surface area contributed by atoms with Crippen LogP contribution in [0.4, 0.5) is 0 Å². The lowest BCUT2D eigenvalue weighted by molar-refractivity contribution is 0.306. The van der Waals surface area contributed by atoms with Gasteiger partial charge in [0.05, 0.1) is 12.6 Å². The maximum absolute atomic E-state index is 5.82. The van der Waals surface area contributed by atoms with E-state index in [1.807, 2.05) is 32.0 Å². The molecule has 1 aromatic carbocycles. The van der Waals surface area contributed by atoms with Gasteiger partial charge >= 0.3 is 0 Å². The van der Waals surface area contributed by atoms with Crippen molar-refractivity contribution >= 4 is 5.96 Å². The number of hydrogen-bond acceptors (Lipinski definition) is 2. The summed E-state index contributed by atoms with van der Waals surface area (Å²) in [6.45, 7) is 4.74. The molecule has 0 bridgehead atoms. The third kappa shape index (κ3) is 4.75. The van der Waals surface area contributed by atoms with E-state index < -0.39 is 0 Å². The number of aliphatic imine (C=N–C) groups is 1. The Balaban J connectivity index is 2.71. The van der Waals surface area contributed by atoms with E-state index in [1.165, 1.54) is 5.56 Å². The van der Waals surface area contributed by atoms with Gasteiger partial charge in [-0.1, -0.05) is 30.3 Å². The van der Waals surface area contributed by atoms with Crippen molar-refractivity contribution < 1.29 is 0 Å². The zero-order chi connectivity index (χ0) is 13.5. The average molecular weight is 248 g/mol. The van der Waals surface area contributed by atoms with Gasteiger partial charge in [-0.15, -0.1) is 0 Å². The van der Waals surface area contributed by atoms with Crippen molar-refractivity contribution in [3.63, 3.8) is 0 Å². The molecule has 4 heteroatoms. The van der Waals surface area contributed by atoms with E-state index in [4.69, 9.17) is 5.73 Å². The van der Waals surface area contributed by atoms with Gasteiger partial charge in [-0.05, 0) is 33.5 Å². The minimum absolute atomic E-state index is 0.249. The maximum atomic E-state index is 5.82. The second kappa shape index (κ2) is 7.01. The second-order valence-corrected chi connectivity index (χ2v) is 4.92. The average Bonchev–Trinajstić information content (AvgIpc) is 2.29. The van der Waals surface area contributed by atoms with Crippen molar-refractivity contribution in [3.05, 3.63) is 35.9 Å². The van der Waals surface area contributed by atoms with Gasteiger partial charge in [0, 0.05) is 6.04 Å². The standard InChI is InChI=1S/C14H24N4/c1-11(2)17-14(15)16-10-13(18(3)4)12-8-6-5-7-9-12/h5-9,11,13H,10H2,1-4H3,(H3,15,16,17). The number of benzene rings is 1. The monoisotopic (exact) mass is 248 g/mol. The molecule has 0 aliphatic rings. The van der Waals surface area contributed by atoms with Crippen LogP contribution in [0.1, 0.15) is 25.5 Å². The van der Waals surface area contributed by atoms with Gasteiger partial charge in [-0.25, -0.2) is 0 Å². The van der Waals surface area contributed by atoms with Crippen molar-refractivity contribution in [1.29, 1.82) is 0 Å². The highest BCUT2D eigenvalue weighted by atomic mass is 15.1. The third-order valence-electron chi connectivity index (χ3n) is 2.68. The molecule has 0 fully saturated rings. The van der Waals surface area contributed by atoms with Crippen LogP contribution in [0.15, 0.2) is 35.3 Å². The van der Waals surface area contributed by atoms with Crippen molar-refractivity contribution in [2.75, 3.05) is 20.6 Å². The lowest BCUT2D eigenvalue weighted by Gasteiger charge is -2.23. The van der Waals surface area contributed by atoms with Crippen molar-refractivity contribution in [2.45, 2.75) is 25.9 Å². The molecule has 4 nitrogen and oxygen atoms in total. The summed E-state index contributed by atoms with van der Waals surface area (Å²) in [5.74, 6) is 0.507. The van der Waals surface area contributed by atoms with E-state index in [0.717, 1.165) is 0 Å². The summed E-state index contributed by atoms with van der Waals surface area (Å²) in [4.78, 5) is 6.56. The first kappa shape index (κ1) is 14.5. The molecule has 0 aliphatic heterocycles. The maximum Gasteiger partial charge on any atom is 0.188 e. The molecule has 0 aliphatic carbocycles. The summed E-state index contributed by atoms with van der Waals surface area (Å²) < 4.78 is 0. The SMILES string of the molecule is CC(C)NC(N)=NCC(c1ccccc1)N(C)C. The molecule has 0 saturated heterocycles. The summed E-state index contributed by atoms with van der Waals surface area (Å²) >= 11 is 0. The summed E-state index contributed by atoms with van der Waals surface area (Å²) in [5, 5.41) is 3.10. The Kier molecular flexibility index (Phi) is 5.65. The highest BCUT2D eigenvalue weighted by Gasteiger charge is 2.13. The first-order valence-corrected chi connectivity index (χ1v) is 6.28. The molecule has 1 atom stereocenters. The summed E-state index contributed by atoms with van der Waals surface area (Å²) in [6, 6.07) is 10.9. The van der Waals surface area contributed by atoms with Gasteiger partial charge in [0.2, 0.25) is 0 Å². The van der Waals surface area contributed by atoms with E-state index in [9.17, 15) is 0 Å². The molecule has 0 radical (unpaired) electrons. The van der Waals surface area contributed by atoms with Crippen LogP contribution < -0.4 is 11.1 Å². The van der Waals surface area contributed by atoms with E-state index in [2.05, 4.69) is 41.4 Å². The van der Waals surface area contributed by atoms with Crippen molar-refractivity contribution in [1.82, 2.24) is 10.2 Å². The molecule has 1 unspecified atom stereocenters. The Labute approximate surface area is 110 Å². The van der Waals surface area contributed by atoms with Crippen LogP contribution in [-0.2, 0) is 0 Å². The van der Waals surface area contributed by atoms with Crippen molar-refractivity contribution in [3.8, 4) is 0 Å². The number of nitrogens with two attached hydrogens (primary N) is 1. The molecule has 100 valence electrons. The third-order valence-corrected chi connectivity index (χ3v) is 2.68. The molecule has 0 saturated carbocycles. The molecule has 1 rings (SSSR count). The first-order chi connectivity index (χ1) is 8.50. The molecule has 18 heavy (non-hydrogen) atoms. The predicted molar refractivity (Wildman–Crippen MR) is 77.6 cm³/mol. The minimum atomic E-state index is 0.249. The zero-order valence-electron chi connectivity index (χ0n) is 11.7. The fraction of sp³-hybridized carbons (Fsp3) is 0.500. The van der Waals surface area contributed by atoms with Crippen LogP contribution >= 0.6 is 0 Å². The summed E-state index contributed by atoms with van der Waals surface area (Å²) in [6.07, 6.45) is 0. The molecule has 0 aromatic heterocycles. The van der Waals surface area contributed by atoms with E-state index in [-0.39, 0.29) is 6.04 Å². The topological polar surface area (TPSA) is 53.6 Å². The molecule has 3 N–H and O–H groups in total. The van der Waals surface area contributed by atoms with Gasteiger partial charge in [-0.2, -0.15) is 0 Å². The van der Waals surface area contributed by atoms with Gasteiger partial charge in [0.1, 0.15) is 0 Å².